The van der Waals surface area contributed by atoms with Gasteiger partial charge in [-0.3, -0.25) is 9.59 Å². The molecule has 0 bridgehead atoms. The molecule has 0 atom stereocenters. The molecular formula is C16H20N2O3. The Kier molecular flexibility index (Phi) is 4.75. The molecule has 112 valence electrons. The Bertz CT molecular complexity index is 659. The van der Waals surface area contributed by atoms with Gasteiger partial charge in [-0.25, -0.2) is 0 Å². The lowest BCUT2D eigenvalue weighted by Crippen LogP contribution is -2.31. The monoisotopic (exact) mass is 288 g/mol. The van der Waals surface area contributed by atoms with Crippen molar-refractivity contribution in [2.75, 3.05) is 27.2 Å². The molecule has 0 radical (unpaired) electrons. The summed E-state index contributed by atoms with van der Waals surface area (Å²) in [5, 5.41) is 3.63. The van der Waals surface area contributed by atoms with Crippen LogP contribution in [0, 0.1) is 0 Å². The quantitative estimate of drug-likeness (QED) is 0.829. The number of carbonyl (C=O) groups excluding carboxylic acids is 2. The Morgan fingerprint density at radius 1 is 1.24 bits per heavy atom. The summed E-state index contributed by atoms with van der Waals surface area (Å²) in [7, 11) is 3.91. The van der Waals surface area contributed by atoms with Crippen molar-refractivity contribution >= 4 is 22.7 Å². The van der Waals surface area contributed by atoms with Crippen LogP contribution >= 0.6 is 0 Å². The van der Waals surface area contributed by atoms with E-state index in [1.165, 1.54) is 0 Å². The fourth-order valence-corrected chi connectivity index (χ4v) is 1.99. The number of likely N-dealkylation sites (N-methyl/N-ethyl adjacent to an activating group) is 1. The van der Waals surface area contributed by atoms with E-state index in [2.05, 4.69) is 5.32 Å². The normalized spacial score (nSPS) is 11.0. The average Bonchev–Trinajstić information content (AvgIpc) is 2.88. The molecule has 0 spiro atoms. The molecule has 0 aliphatic carbocycles. The minimum absolute atomic E-state index is 0.0387. The predicted octanol–water partition coefficient (Wildman–Crippen LogP) is 2.32. The number of carbonyl (C=O) groups is 2. The third-order valence-electron chi connectivity index (χ3n) is 3.22. The van der Waals surface area contributed by atoms with Crippen LogP contribution in [-0.4, -0.2) is 43.8 Å². The molecular weight excluding hydrogens is 268 g/mol. The second-order valence-corrected chi connectivity index (χ2v) is 5.20. The van der Waals surface area contributed by atoms with E-state index in [1.807, 2.05) is 19.0 Å². The van der Waals surface area contributed by atoms with Crippen molar-refractivity contribution < 1.29 is 14.0 Å². The lowest BCUT2D eigenvalue weighted by atomic mass is 10.1. The minimum atomic E-state index is -0.122. The first-order valence-corrected chi connectivity index (χ1v) is 7.01. The van der Waals surface area contributed by atoms with Gasteiger partial charge in [0.1, 0.15) is 5.58 Å². The number of nitrogens with one attached hydrogen (secondary N) is 1. The Hall–Kier alpha value is -2.14. The zero-order valence-corrected chi connectivity index (χ0v) is 12.6. The van der Waals surface area contributed by atoms with Crippen molar-refractivity contribution in [3.8, 4) is 0 Å². The maximum Gasteiger partial charge on any atom is 0.251 e. The molecule has 0 unspecified atom stereocenters. The standard InChI is InChI=1S/C16H20N2O3/c1-4-13(19)15-10-12-9-11(5-6-14(12)21-15)16(20)17-7-8-18(2)3/h5-6,9-10H,4,7-8H2,1-3H3,(H,17,20). The lowest BCUT2D eigenvalue weighted by molar-refractivity contribution is 0.0947. The first kappa shape index (κ1) is 15.3. The zero-order valence-electron chi connectivity index (χ0n) is 12.6. The summed E-state index contributed by atoms with van der Waals surface area (Å²) in [6.45, 7) is 3.17. The maximum atomic E-state index is 12.0. The van der Waals surface area contributed by atoms with Crippen molar-refractivity contribution in [3.63, 3.8) is 0 Å². The van der Waals surface area contributed by atoms with Gasteiger partial charge in [-0.1, -0.05) is 6.92 Å². The van der Waals surface area contributed by atoms with E-state index in [0.29, 0.717) is 29.9 Å². The Morgan fingerprint density at radius 3 is 2.67 bits per heavy atom. The highest BCUT2D eigenvalue weighted by Crippen LogP contribution is 2.21. The van der Waals surface area contributed by atoms with Crippen molar-refractivity contribution in [1.29, 1.82) is 0 Å². The highest BCUT2D eigenvalue weighted by Gasteiger charge is 2.12. The second kappa shape index (κ2) is 6.54. The van der Waals surface area contributed by atoms with E-state index in [9.17, 15) is 9.59 Å². The number of Topliss-reactive ketones (excluding diaryl/α,β-unsaturated/α-hetero) is 1. The van der Waals surface area contributed by atoms with Gasteiger partial charge in [0.25, 0.3) is 5.91 Å². The summed E-state index contributed by atoms with van der Waals surface area (Å²) in [5.74, 6) is 0.184. The third kappa shape index (κ3) is 3.70. The minimum Gasteiger partial charge on any atom is -0.453 e. The number of ketones is 1. The van der Waals surface area contributed by atoms with Gasteiger partial charge in [-0.05, 0) is 38.4 Å². The average molecular weight is 288 g/mol. The van der Waals surface area contributed by atoms with Crippen molar-refractivity contribution in [1.82, 2.24) is 10.2 Å². The molecule has 21 heavy (non-hydrogen) atoms. The van der Waals surface area contributed by atoms with Gasteiger partial charge in [0, 0.05) is 30.5 Å². The van der Waals surface area contributed by atoms with Gasteiger partial charge in [-0.2, -0.15) is 0 Å². The molecule has 5 nitrogen and oxygen atoms in total. The molecule has 1 aromatic heterocycles. The molecule has 0 fully saturated rings. The predicted molar refractivity (Wildman–Crippen MR) is 81.7 cm³/mol. The molecule has 1 N–H and O–H groups in total. The summed E-state index contributed by atoms with van der Waals surface area (Å²) in [5.41, 5.74) is 1.19. The Morgan fingerprint density at radius 2 is 2.00 bits per heavy atom. The molecule has 2 rings (SSSR count). The molecule has 1 amide bonds. The van der Waals surface area contributed by atoms with E-state index >= 15 is 0 Å². The fraction of sp³-hybridized carbons (Fsp3) is 0.375. The van der Waals surface area contributed by atoms with E-state index in [-0.39, 0.29) is 11.7 Å². The molecule has 0 saturated heterocycles. The van der Waals surface area contributed by atoms with Crippen LogP contribution in [0.15, 0.2) is 28.7 Å². The van der Waals surface area contributed by atoms with Gasteiger partial charge in [0.15, 0.2) is 11.5 Å². The van der Waals surface area contributed by atoms with E-state index < -0.39 is 0 Å². The number of hydrogen-bond donors (Lipinski definition) is 1. The summed E-state index contributed by atoms with van der Waals surface area (Å²) in [6.07, 6.45) is 0.400. The molecule has 5 heteroatoms. The van der Waals surface area contributed by atoms with Crippen LogP contribution in [0.4, 0.5) is 0 Å². The van der Waals surface area contributed by atoms with E-state index in [1.54, 1.807) is 31.2 Å². The number of nitrogens with zero attached hydrogens (tertiary/aromatic N) is 1. The lowest BCUT2D eigenvalue weighted by Gasteiger charge is -2.10. The smallest absolute Gasteiger partial charge is 0.251 e. The summed E-state index contributed by atoms with van der Waals surface area (Å²) >= 11 is 0. The first-order chi connectivity index (χ1) is 10.0. The summed E-state index contributed by atoms with van der Waals surface area (Å²) in [4.78, 5) is 25.7. The van der Waals surface area contributed by atoms with Crippen LogP contribution in [0.5, 0.6) is 0 Å². The number of furan rings is 1. The number of fused-ring (bicyclic) bond motifs is 1. The van der Waals surface area contributed by atoms with Crippen LogP contribution in [0.1, 0.15) is 34.3 Å². The number of benzene rings is 1. The Balaban J connectivity index is 2.14. The highest BCUT2D eigenvalue weighted by molar-refractivity contribution is 6.00. The van der Waals surface area contributed by atoms with Crippen molar-refractivity contribution in [2.45, 2.75) is 13.3 Å². The summed E-state index contributed by atoms with van der Waals surface area (Å²) in [6, 6.07) is 6.87. The molecule has 0 saturated carbocycles. The van der Waals surface area contributed by atoms with Gasteiger partial charge in [0.05, 0.1) is 0 Å². The fourth-order valence-electron chi connectivity index (χ4n) is 1.99. The van der Waals surface area contributed by atoms with Gasteiger partial charge in [-0.15, -0.1) is 0 Å². The van der Waals surface area contributed by atoms with E-state index in [0.717, 1.165) is 11.9 Å². The van der Waals surface area contributed by atoms with Gasteiger partial charge >= 0.3 is 0 Å². The molecule has 0 aliphatic heterocycles. The summed E-state index contributed by atoms with van der Waals surface area (Å²) < 4.78 is 5.48. The number of rotatable bonds is 6. The Labute approximate surface area is 123 Å². The maximum absolute atomic E-state index is 12.0. The van der Waals surface area contributed by atoms with E-state index in [4.69, 9.17) is 4.42 Å². The van der Waals surface area contributed by atoms with Gasteiger partial charge < -0.3 is 14.6 Å². The topological polar surface area (TPSA) is 62.6 Å². The molecule has 2 aromatic rings. The number of hydrogen-bond acceptors (Lipinski definition) is 4. The SMILES string of the molecule is CCC(=O)c1cc2cc(C(=O)NCCN(C)C)ccc2o1. The largest absolute Gasteiger partial charge is 0.453 e. The zero-order chi connectivity index (χ0) is 15.4. The van der Waals surface area contributed by atoms with Crippen molar-refractivity contribution in [2.24, 2.45) is 0 Å². The number of amides is 1. The van der Waals surface area contributed by atoms with Crippen LogP contribution in [0.3, 0.4) is 0 Å². The third-order valence-corrected chi connectivity index (χ3v) is 3.22. The van der Waals surface area contributed by atoms with Crippen LogP contribution in [0.2, 0.25) is 0 Å². The second-order valence-electron chi connectivity index (χ2n) is 5.20. The highest BCUT2D eigenvalue weighted by atomic mass is 16.3. The molecule has 1 aromatic carbocycles. The van der Waals surface area contributed by atoms with Crippen molar-refractivity contribution in [3.05, 3.63) is 35.6 Å². The van der Waals surface area contributed by atoms with Crippen LogP contribution in [0.25, 0.3) is 11.0 Å². The van der Waals surface area contributed by atoms with Gasteiger partial charge in [0.2, 0.25) is 0 Å². The first-order valence-electron chi connectivity index (χ1n) is 7.01. The van der Waals surface area contributed by atoms with Crippen LogP contribution < -0.4 is 5.32 Å². The molecule has 0 aliphatic rings. The molecule has 1 heterocycles. The van der Waals surface area contributed by atoms with Crippen LogP contribution in [-0.2, 0) is 0 Å².